The molecule has 0 radical (unpaired) electrons. The van der Waals surface area contributed by atoms with Gasteiger partial charge in [-0.1, -0.05) is 6.92 Å². The van der Waals surface area contributed by atoms with E-state index in [1.54, 1.807) is 0 Å². The van der Waals surface area contributed by atoms with Crippen molar-refractivity contribution in [2.24, 2.45) is 5.73 Å². The highest BCUT2D eigenvalue weighted by atomic mass is 15.2. The normalized spacial score (nSPS) is 18.0. The van der Waals surface area contributed by atoms with Crippen LogP contribution < -0.4 is 5.73 Å². The summed E-state index contributed by atoms with van der Waals surface area (Å²) < 4.78 is 2.23. The molecule has 90 valence electrons. The van der Waals surface area contributed by atoms with Crippen LogP contribution >= 0.6 is 0 Å². The largest absolute Gasteiger partial charge is 0.333 e. The molecule has 0 aromatic carbocycles. The number of hydrogen-bond donors (Lipinski definition) is 1. The molecule has 2 N–H and O–H groups in total. The molecule has 1 aliphatic rings. The quantitative estimate of drug-likeness (QED) is 0.791. The van der Waals surface area contributed by atoms with Crippen molar-refractivity contribution in [1.82, 2.24) is 14.5 Å². The molecule has 1 heterocycles. The Labute approximate surface area is 97.4 Å². The first-order valence-corrected chi connectivity index (χ1v) is 6.20. The van der Waals surface area contributed by atoms with Crippen LogP contribution in [0.25, 0.3) is 0 Å². The number of nitrogens with zero attached hydrogens (tertiary/aromatic N) is 3. The molecule has 2 rings (SSSR count). The van der Waals surface area contributed by atoms with Gasteiger partial charge in [-0.2, -0.15) is 0 Å². The van der Waals surface area contributed by atoms with E-state index in [0.717, 1.165) is 19.0 Å². The van der Waals surface area contributed by atoms with Gasteiger partial charge in [-0.25, -0.2) is 4.98 Å². The lowest BCUT2D eigenvalue weighted by Crippen LogP contribution is -2.33. The van der Waals surface area contributed by atoms with Gasteiger partial charge in [0.25, 0.3) is 0 Å². The maximum absolute atomic E-state index is 5.91. The monoisotopic (exact) mass is 222 g/mol. The highest BCUT2D eigenvalue weighted by molar-refractivity contribution is 5.08. The van der Waals surface area contributed by atoms with Gasteiger partial charge in [0.15, 0.2) is 0 Å². The summed E-state index contributed by atoms with van der Waals surface area (Å²) in [5, 5.41) is 0. The van der Waals surface area contributed by atoms with Crippen LogP contribution in [0.4, 0.5) is 0 Å². The van der Waals surface area contributed by atoms with E-state index in [2.05, 4.69) is 28.4 Å². The number of aryl methyl sites for hydroxylation is 1. The van der Waals surface area contributed by atoms with Crippen LogP contribution in [0.5, 0.6) is 0 Å². The zero-order valence-electron chi connectivity index (χ0n) is 10.3. The second-order valence-corrected chi connectivity index (χ2v) is 4.66. The maximum atomic E-state index is 5.91. The number of rotatable bonds is 6. The summed E-state index contributed by atoms with van der Waals surface area (Å²) in [5.41, 5.74) is 7.18. The topological polar surface area (TPSA) is 47.1 Å². The minimum atomic E-state index is 0.321. The predicted octanol–water partition coefficient (Wildman–Crippen LogP) is 1.39. The van der Waals surface area contributed by atoms with Crippen LogP contribution in [0.2, 0.25) is 0 Å². The van der Waals surface area contributed by atoms with E-state index in [-0.39, 0.29) is 0 Å². The van der Waals surface area contributed by atoms with Crippen molar-refractivity contribution in [2.45, 2.75) is 44.8 Å². The zero-order chi connectivity index (χ0) is 11.5. The molecular weight excluding hydrogens is 200 g/mol. The number of nitrogens with two attached hydrogens (primary N) is 1. The van der Waals surface area contributed by atoms with Gasteiger partial charge < -0.3 is 10.3 Å². The van der Waals surface area contributed by atoms with E-state index in [4.69, 9.17) is 5.73 Å². The third-order valence-electron chi connectivity index (χ3n) is 3.39. The Balaban J connectivity index is 2.14. The van der Waals surface area contributed by atoms with Crippen LogP contribution in [0.3, 0.4) is 0 Å². The fraction of sp³-hybridized carbons (Fsp3) is 0.750. The molecule has 16 heavy (non-hydrogen) atoms. The van der Waals surface area contributed by atoms with Crippen molar-refractivity contribution in [3.63, 3.8) is 0 Å². The summed E-state index contributed by atoms with van der Waals surface area (Å²) in [7, 11) is 2.18. The van der Waals surface area contributed by atoms with E-state index < -0.39 is 0 Å². The molecule has 4 nitrogen and oxygen atoms in total. The minimum Gasteiger partial charge on any atom is -0.333 e. The van der Waals surface area contributed by atoms with Crippen molar-refractivity contribution in [3.8, 4) is 0 Å². The van der Waals surface area contributed by atoms with Gasteiger partial charge in [0, 0.05) is 25.3 Å². The van der Waals surface area contributed by atoms with Crippen molar-refractivity contribution in [2.75, 3.05) is 13.6 Å². The minimum absolute atomic E-state index is 0.321. The van der Waals surface area contributed by atoms with Crippen LogP contribution in [0.15, 0.2) is 12.5 Å². The van der Waals surface area contributed by atoms with Crippen LogP contribution in [0.1, 0.15) is 37.9 Å². The Bertz CT molecular complexity index is 330. The highest BCUT2D eigenvalue weighted by Crippen LogP contribution is 2.32. The summed E-state index contributed by atoms with van der Waals surface area (Å²) in [4.78, 5) is 6.66. The van der Waals surface area contributed by atoms with E-state index in [0.29, 0.717) is 12.6 Å². The van der Waals surface area contributed by atoms with E-state index in [1.807, 2.05) is 12.5 Å². The smallest absolute Gasteiger partial charge is 0.0948 e. The van der Waals surface area contributed by atoms with Crippen molar-refractivity contribution >= 4 is 0 Å². The molecule has 1 aromatic rings. The average molecular weight is 222 g/mol. The fourth-order valence-corrected chi connectivity index (χ4v) is 2.27. The molecule has 4 heteroatoms. The van der Waals surface area contributed by atoms with E-state index in [1.165, 1.54) is 18.5 Å². The van der Waals surface area contributed by atoms with Gasteiger partial charge in [-0.05, 0) is 26.3 Å². The molecule has 1 atom stereocenters. The predicted molar refractivity (Wildman–Crippen MR) is 65.1 cm³/mol. The number of imidazole rings is 1. The summed E-state index contributed by atoms with van der Waals surface area (Å²) in [6.07, 6.45) is 7.64. The first-order valence-electron chi connectivity index (χ1n) is 6.20. The van der Waals surface area contributed by atoms with Crippen molar-refractivity contribution in [1.29, 1.82) is 0 Å². The lowest BCUT2D eigenvalue weighted by atomic mass is 10.2. The highest BCUT2D eigenvalue weighted by Gasteiger charge is 2.32. The van der Waals surface area contributed by atoms with Gasteiger partial charge in [0.2, 0.25) is 0 Å². The Kier molecular flexibility index (Phi) is 3.61. The lowest BCUT2D eigenvalue weighted by Gasteiger charge is -2.27. The van der Waals surface area contributed by atoms with Crippen molar-refractivity contribution < 1.29 is 0 Å². The van der Waals surface area contributed by atoms with Gasteiger partial charge in [0.05, 0.1) is 18.1 Å². The Hall–Kier alpha value is -0.870. The SMILES string of the molecule is CCCn1cncc1C(CN)N(C)C1CC1. The molecule has 1 aromatic heterocycles. The number of likely N-dealkylation sites (N-methyl/N-ethyl adjacent to an activating group) is 1. The van der Waals surface area contributed by atoms with Crippen LogP contribution in [0, 0.1) is 0 Å². The molecule has 1 unspecified atom stereocenters. The Morgan fingerprint density at radius 3 is 2.94 bits per heavy atom. The second kappa shape index (κ2) is 4.97. The first kappa shape index (κ1) is 11.6. The molecule has 0 saturated heterocycles. The second-order valence-electron chi connectivity index (χ2n) is 4.66. The molecule has 1 saturated carbocycles. The lowest BCUT2D eigenvalue weighted by molar-refractivity contribution is 0.230. The zero-order valence-corrected chi connectivity index (χ0v) is 10.3. The van der Waals surface area contributed by atoms with Gasteiger partial charge in [-0.15, -0.1) is 0 Å². The maximum Gasteiger partial charge on any atom is 0.0948 e. The summed E-state index contributed by atoms with van der Waals surface area (Å²) in [5.74, 6) is 0. The van der Waals surface area contributed by atoms with Gasteiger partial charge >= 0.3 is 0 Å². The van der Waals surface area contributed by atoms with Gasteiger partial charge in [0.1, 0.15) is 0 Å². The molecule has 0 amide bonds. The summed E-state index contributed by atoms with van der Waals surface area (Å²) in [6.45, 7) is 3.89. The number of aromatic nitrogens is 2. The molecule has 0 bridgehead atoms. The molecule has 0 aliphatic heterocycles. The first-order chi connectivity index (χ1) is 7.77. The molecule has 0 spiro atoms. The Morgan fingerprint density at radius 2 is 2.38 bits per heavy atom. The third-order valence-corrected chi connectivity index (χ3v) is 3.39. The standard InChI is InChI=1S/C12H22N4/c1-3-6-16-9-14-8-12(16)11(7-13)15(2)10-4-5-10/h8-11H,3-7,13H2,1-2H3. The van der Waals surface area contributed by atoms with Crippen LogP contribution in [-0.4, -0.2) is 34.1 Å². The van der Waals surface area contributed by atoms with E-state index in [9.17, 15) is 0 Å². The van der Waals surface area contributed by atoms with Crippen LogP contribution in [-0.2, 0) is 6.54 Å². The summed E-state index contributed by atoms with van der Waals surface area (Å²) in [6, 6.07) is 1.06. The number of hydrogen-bond acceptors (Lipinski definition) is 3. The summed E-state index contributed by atoms with van der Waals surface area (Å²) >= 11 is 0. The van der Waals surface area contributed by atoms with E-state index >= 15 is 0 Å². The fourth-order valence-electron chi connectivity index (χ4n) is 2.27. The molecule has 1 fully saturated rings. The molecule has 1 aliphatic carbocycles. The Morgan fingerprint density at radius 1 is 1.62 bits per heavy atom. The van der Waals surface area contributed by atoms with Gasteiger partial charge in [-0.3, -0.25) is 4.90 Å². The van der Waals surface area contributed by atoms with Crippen molar-refractivity contribution in [3.05, 3.63) is 18.2 Å². The molecular formula is C12H22N4. The average Bonchev–Trinajstić information content (AvgIpc) is 3.04. The third kappa shape index (κ3) is 2.28.